The Hall–Kier alpha value is -2.75. The lowest BCUT2D eigenvalue weighted by molar-refractivity contribution is -0.118. The molecule has 1 amide bonds. The largest absolute Gasteiger partial charge is 0.496 e. The summed E-state index contributed by atoms with van der Waals surface area (Å²) in [4.78, 5) is 14.4. The molecule has 1 aliphatic rings. The molecule has 2 aromatic carbocycles. The zero-order chi connectivity index (χ0) is 19.7. The van der Waals surface area contributed by atoms with Crippen molar-refractivity contribution >= 4 is 11.6 Å². The summed E-state index contributed by atoms with van der Waals surface area (Å²) >= 11 is 0. The van der Waals surface area contributed by atoms with Gasteiger partial charge >= 0.3 is 0 Å². The molecule has 0 radical (unpaired) electrons. The quantitative estimate of drug-likeness (QED) is 0.531. The smallest absolute Gasteiger partial charge is 0.256 e. The molecule has 142 valence electrons. The molecule has 3 rings (SSSR count). The van der Waals surface area contributed by atoms with Gasteiger partial charge in [-0.25, -0.2) is 0 Å². The molecule has 4 heteroatoms. The van der Waals surface area contributed by atoms with E-state index in [1.165, 1.54) is 0 Å². The van der Waals surface area contributed by atoms with Crippen LogP contribution in [0.2, 0.25) is 0 Å². The molecule has 4 nitrogen and oxygen atoms in total. The van der Waals surface area contributed by atoms with Crippen LogP contribution >= 0.6 is 0 Å². The second-order valence-corrected chi connectivity index (χ2v) is 7.07. The Labute approximate surface area is 161 Å². The van der Waals surface area contributed by atoms with Gasteiger partial charge in [-0.15, -0.1) is 0 Å². The second-order valence-electron chi connectivity index (χ2n) is 7.07. The molecule has 0 saturated carbocycles. The van der Waals surface area contributed by atoms with Crippen molar-refractivity contribution in [3.63, 3.8) is 0 Å². The zero-order valence-electron chi connectivity index (χ0n) is 16.8. The Bertz CT molecular complexity index is 901. The van der Waals surface area contributed by atoms with Crippen LogP contribution in [0, 0.1) is 20.8 Å². The van der Waals surface area contributed by atoms with Gasteiger partial charge in [0.05, 0.1) is 19.8 Å². The molecule has 0 aliphatic carbocycles. The van der Waals surface area contributed by atoms with E-state index in [0.29, 0.717) is 12.2 Å². The number of ether oxygens (including phenoxy) is 2. The number of anilines is 1. The number of nitrogens with zero attached hydrogens (tertiary/aromatic N) is 1. The normalized spacial score (nSPS) is 16.3. The second kappa shape index (κ2) is 7.47. The third-order valence-electron chi connectivity index (χ3n) is 5.17. The molecular weight excluding hydrogens is 338 g/mol. The summed E-state index contributed by atoms with van der Waals surface area (Å²) in [5.74, 6) is 1.59. The first-order valence-corrected chi connectivity index (χ1v) is 9.30. The Morgan fingerprint density at radius 2 is 1.81 bits per heavy atom. The van der Waals surface area contributed by atoms with Gasteiger partial charge in [-0.05, 0) is 61.6 Å². The SMILES string of the molecule is C=C1C(=O)N(c2cc(C)c(C)c(OC)c2)[C@H]1c1ccc(C)c(OCCC)c1. The number of benzene rings is 2. The first-order valence-electron chi connectivity index (χ1n) is 9.30. The summed E-state index contributed by atoms with van der Waals surface area (Å²) in [6.45, 7) is 12.8. The molecule has 0 spiro atoms. The van der Waals surface area contributed by atoms with Crippen LogP contribution in [0.4, 0.5) is 5.69 Å². The van der Waals surface area contributed by atoms with Crippen molar-refractivity contribution in [3.8, 4) is 11.5 Å². The Balaban J connectivity index is 2.00. The highest BCUT2D eigenvalue weighted by molar-refractivity contribution is 6.15. The summed E-state index contributed by atoms with van der Waals surface area (Å²) in [7, 11) is 1.65. The van der Waals surface area contributed by atoms with Gasteiger partial charge in [0.15, 0.2) is 0 Å². The van der Waals surface area contributed by atoms with Crippen LogP contribution in [0.15, 0.2) is 42.5 Å². The molecule has 1 aliphatic heterocycles. The molecule has 1 saturated heterocycles. The highest BCUT2D eigenvalue weighted by Crippen LogP contribution is 2.44. The molecule has 27 heavy (non-hydrogen) atoms. The van der Waals surface area contributed by atoms with Crippen LogP contribution in [0.1, 0.15) is 41.6 Å². The van der Waals surface area contributed by atoms with Crippen LogP contribution in [0.3, 0.4) is 0 Å². The fourth-order valence-electron chi connectivity index (χ4n) is 3.41. The lowest BCUT2D eigenvalue weighted by Crippen LogP contribution is -2.48. The maximum absolute atomic E-state index is 12.6. The van der Waals surface area contributed by atoms with Crippen molar-refractivity contribution in [2.24, 2.45) is 0 Å². The number of amides is 1. The Morgan fingerprint density at radius 1 is 1.07 bits per heavy atom. The predicted octanol–water partition coefficient (Wildman–Crippen LogP) is 5.05. The topological polar surface area (TPSA) is 38.8 Å². The van der Waals surface area contributed by atoms with Gasteiger partial charge < -0.3 is 9.47 Å². The number of hydrogen-bond acceptors (Lipinski definition) is 3. The maximum Gasteiger partial charge on any atom is 0.256 e. The van der Waals surface area contributed by atoms with E-state index in [1.807, 2.05) is 51.1 Å². The summed E-state index contributed by atoms with van der Waals surface area (Å²) < 4.78 is 11.4. The standard InChI is InChI=1S/C23H27NO3/c1-7-10-27-20-12-18(9-8-14(20)2)22-17(5)23(25)24(22)19-11-15(3)16(4)21(13-19)26-6/h8-9,11-13,22H,5,7,10H2,1-4,6H3/t22-/m1/s1. The van der Waals surface area contributed by atoms with E-state index in [1.54, 1.807) is 12.0 Å². The van der Waals surface area contributed by atoms with Crippen molar-refractivity contribution in [3.05, 3.63) is 64.7 Å². The minimum Gasteiger partial charge on any atom is -0.496 e. The van der Waals surface area contributed by atoms with E-state index in [9.17, 15) is 4.79 Å². The number of carbonyl (C=O) groups excluding carboxylic acids is 1. The Morgan fingerprint density at radius 3 is 2.48 bits per heavy atom. The van der Waals surface area contributed by atoms with Crippen LogP contribution < -0.4 is 14.4 Å². The summed E-state index contributed by atoms with van der Waals surface area (Å²) in [5.41, 5.74) is 5.68. The van der Waals surface area contributed by atoms with E-state index < -0.39 is 0 Å². The molecule has 1 atom stereocenters. The number of hydrogen-bond donors (Lipinski definition) is 0. The number of methoxy groups -OCH3 is 1. The molecule has 0 aromatic heterocycles. The third kappa shape index (κ3) is 3.32. The Kier molecular flexibility index (Phi) is 5.26. The van der Waals surface area contributed by atoms with Gasteiger partial charge in [-0.1, -0.05) is 25.6 Å². The van der Waals surface area contributed by atoms with E-state index in [0.717, 1.165) is 45.9 Å². The lowest BCUT2D eigenvalue weighted by atomic mass is 9.87. The van der Waals surface area contributed by atoms with Crippen molar-refractivity contribution in [2.75, 3.05) is 18.6 Å². The predicted molar refractivity (Wildman–Crippen MR) is 109 cm³/mol. The monoisotopic (exact) mass is 365 g/mol. The van der Waals surface area contributed by atoms with E-state index >= 15 is 0 Å². The zero-order valence-corrected chi connectivity index (χ0v) is 16.8. The third-order valence-corrected chi connectivity index (χ3v) is 5.17. The number of β-lactam (4-membered cyclic amide) rings is 1. The van der Waals surface area contributed by atoms with Crippen LogP contribution in [-0.4, -0.2) is 19.6 Å². The average Bonchev–Trinajstić information content (AvgIpc) is 2.67. The fourth-order valence-corrected chi connectivity index (χ4v) is 3.41. The van der Waals surface area contributed by atoms with Gasteiger partial charge in [-0.2, -0.15) is 0 Å². The van der Waals surface area contributed by atoms with E-state index in [4.69, 9.17) is 9.47 Å². The highest BCUT2D eigenvalue weighted by atomic mass is 16.5. The first-order chi connectivity index (χ1) is 12.9. The number of aryl methyl sites for hydroxylation is 2. The van der Waals surface area contributed by atoms with E-state index in [-0.39, 0.29) is 11.9 Å². The number of rotatable bonds is 6. The van der Waals surface area contributed by atoms with E-state index in [2.05, 4.69) is 13.5 Å². The van der Waals surface area contributed by atoms with Gasteiger partial charge in [-0.3, -0.25) is 9.69 Å². The summed E-state index contributed by atoms with van der Waals surface area (Å²) in [6.07, 6.45) is 0.951. The molecule has 0 bridgehead atoms. The highest BCUT2D eigenvalue weighted by Gasteiger charge is 2.43. The van der Waals surface area contributed by atoms with Gasteiger partial charge in [0.2, 0.25) is 0 Å². The van der Waals surface area contributed by atoms with Crippen molar-refractivity contribution in [1.82, 2.24) is 0 Å². The van der Waals surface area contributed by atoms with Crippen LogP contribution in [0.5, 0.6) is 11.5 Å². The summed E-state index contributed by atoms with van der Waals surface area (Å²) in [5, 5.41) is 0. The molecule has 2 aromatic rings. The average molecular weight is 365 g/mol. The minimum atomic E-state index is -0.186. The van der Waals surface area contributed by atoms with Crippen molar-refractivity contribution < 1.29 is 14.3 Å². The first kappa shape index (κ1) is 19.0. The van der Waals surface area contributed by atoms with Crippen molar-refractivity contribution in [1.29, 1.82) is 0 Å². The number of carbonyl (C=O) groups is 1. The minimum absolute atomic E-state index is 0.0538. The molecule has 0 N–H and O–H groups in total. The molecular formula is C23H27NO3. The summed E-state index contributed by atoms with van der Waals surface area (Å²) in [6, 6.07) is 9.87. The fraction of sp³-hybridized carbons (Fsp3) is 0.348. The van der Waals surface area contributed by atoms with Gasteiger partial charge in [0.1, 0.15) is 11.5 Å². The molecule has 1 fully saturated rings. The maximum atomic E-state index is 12.6. The molecule has 1 heterocycles. The lowest BCUT2D eigenvalue weighted by Gasteiger charge is -2.43. The van der Waals surface area contributed by atoms with Gasteiger partial charge in [0, 0.05) is 17.3 Å². The van der Waals surface area contributed by atoms with Crippen LogP contribution in [-0.2, 0) is 4.79 Å². The van der Waals surface area contributed by atoms with Gasteiger partial charge in [0.25, 0.3) is 5.91 Å². The van der Waals surface area contributed by atoms with Crippen molar-refractivity contribution in [2.45, 2.75) is 40.2 Å². The van der Waals surface area contributed by atoms with Crippen LogP contribution in [0.25, 0.3) is 0 Å². The molecule has 0 unspecified atom stereocenters.